The summed E-state index contributed by atoms with van der Waals surface area (Å²) in [5.74, 6) is -1.20. The van der Waals surface area contributed by atoms with Crippen LogP contribution in [0.1, 0.15) is 18.1 Å². The van der Waals surface area contributed by atoms with Gasteiger partial charge in [0.1, 0.15) is 16.5 Å². The van der Waals surface area contributed by atoms with Gasteiger partial charge in [-0.1, -0.05) is 40.9 Å². The van der Waals surface area contributed by atoms with E-state index < -0.39 is 26.5 Å². The van der Waals surface area contributed by atoms with Gasteiger partial charge in [0.2, 0.25) is 5.75 Å². The minimum absolute atomic E-state index is 0.0270. The Balaban J connectivity index is 1.95. The molecular weight excluding hydrogens is 557 g/mol. The summed E-state index contributed by atoms with van der Waals surface area (Å²) in [6, 6.07) is 13.8. The van der Waals surface area contributed by atoms with Crippen molar-refractivity contribution in [2.75, 3.05) is 11.9 Å². The maximum absolute atomic E-state index is 12.8. The number of halogens is 2. The van der Waals surface area contributed by atoms with E-state index in [9.17, 15) is 28.6 Å². The van der Waals surface area contributed by atoms with Crippen LogP contribution in [0.25, 0.3) is 6.08 Å². The zero-order valence-electron chi connectivity index (χ0n) is 19.9. The minimum atomic E-state index is -4.25. The molecule has 0 heterocycles. The van der Waals surface area contributed by atoms with Gasteiger partial charge in [0, 0.05) is 12.1 Å². The van der Waals surface area contributed by atoms with Gasteiger partial charge in [-0.3, -0.25) is 14.9 Å². The Morgan fingerprint density at radius 1 is 1.13 bits per heavy atom. The molecule has 10 nitrogen and oxygen atoms in total. The molecule has 1 N–H and O–H groups in total. The molecule has 0 bridgehead atoms. The summed E-state index contributed by atoms with van der Waals surface area (Å²) in [7, 11) is -4.25. The molecule has 0 radical (unpaired) electrons. The molecule has 0 aromatic heterocycles. The minimum Gasteiger partial charge on any atom is -0.490 e. The monoisotopic (exact) mass is 575 g/mol. The summed E-state index contributed by atoms with van der Waals surface area (Å²) in [5, 5.41) is 22.8. The highest BCUT2D eigenvalue weighted by Crippen LogP contribution is 2.39. The first-order valence-electron chi connectivity index (χ1n) is 10.8. The highest BCUT2D eigenvalue weighted by atomic mass is 35.5. The molecule has 3 aromatic carbocycles. The molecule has 0 unspecified atom stereocenters. The number of nitro benzene ring substituents is 1. The number of carbonyl (C=O) groups excluding carboxylic acids is 1. The van der Waals surface area contributed by atoms with Gasteiger partial charge in [0.15, 0.2) is 5.75 Å². The SMILES string of the molecule is CCOc1cc(/C=C(\C#N)C(=O)Nc2cc([N+](=O)[O-])ccc2Cl)cc(Cl)c1OS(=O)(=O)c1ccc(C)cc1. The Hall–Kier alpha value is -4.11. The number of ether oxygens (including phenoxy) is 1. The fraction of sp³-hybridized carbons (Fsp3) is 0.120. The van der Waals surface area contributed by atoms with Crippen molar-refractivity contribution in [3.8, 4) is 17.6 Å². The second kappa shape index (κ2) is 12.0. The summed E-state index contributed by atoms with van der Waals surface area (Å²) in [5.41, 5.74) is 0.308. The van der Waals surface area contributed by atoms with Crippen molar-refractivity contribution in [3.63, 3.8) is 0 Å². The van der Waals surface area contributed by atoms with Gasteiger partial charge in [-0.05, 0) is 55.8 Å². The maximum atomic E-state index is 12.8. The zero-order valence-corrected chi connectivity index (χ0v) is 22.2. The average Bonchev–Trinajstić information content (AvgIpc) is 2.86. The number of anilines is 1. The number of nitrogens with zero attached hydrogens (tertiary/aromatic N) is 2. The van der Waals surface area contributed by atoms with Crippen LogP contribution in [0.3, 0.4) is 0 Å². The predicted octanol–water partition coefficient (Wildman–Crippen LogP) is 5.92. The molecule has 0 aliphatic rings. The lowest BCUT2D eigenvalue weighted by molar-refractivity contribution is -0.384. The van der Waals surface area contributed by atoms with E-state index in [1.165, 1.54) is 42.5 Å². The summed E-state index contributed by atoms with van der Waals surface area (Å²) >= 11 is 12.3. The molecule has 0 saturated carbocycles. The van der Waals surface area contributed by atoms with Gasteiger partial charge < -0.3 is 14.2 Å². The summed E-state index contributed by atoms with van der Waals surface area (Å²) < 4.78 is 36.4. The molecule has 3 rings (SSSR count). The van der Waals surface area contributed by atoms with Crippen LogP contribution < -0.4 is 14.2 Å². The van der Waals surface area contributed by atoms with Crippen LogP contribution in [0, 0.1) is 28.4 Å². The number of nitriles is 1. The van der Waals surface area contributed by atoms with Gasteiger partial charge in [0.25, 0.3) is 11.6 Å². The number of hydrogen-bond donors (Lipinski definition) is 1. The number of hydrogen-bond acceptors (Lipinski definition) is 8. The van der Waals surface area contributed by atoms with E-state index in [2.05, 4.69) is 5.32 Å². The van der Waals surface area contributed by atoms with E-state index >= 15 is 0 Å². The van der Waals surface area contributed by atoms with Crippen LogP contribution in [0.2, 0.25) is 10.0 Å². The molecule has 0 spiro atoms. The number of rotatable bonds is 9. The van der Waals surface area contributed by atoms with Crippen LogP contribution in [-0.4, -0.2) is 25.9 Å². The molecule has 1 amide bonds. The molecule has 0 saturated heterocycles. The molecule has 196 valence electrons. The van der Waals surface area contributed by atoms with Gasteiger partial charge in [-0.2, -0.15) is 13.7 Å². The van der Waals surface area contributed by atoms with Crippen LogP contribution in [0.15, 0.2) is 65.1 Å². The molecule has 38 heavy (non-hydrogen) atoms. The van der Waals surface area contributed by atoms with E-state index in [0.717, 1.165) is 11.6 Å². The normalized spacial score (nSPS) is 11.4. The van der Waals surface area contributed by atoms with Gasteiger partial charge in [-0.15, -0.1) is 0 Å². The van der Waals surface area contributed by atoms with E-state index in [0.29, 0.717) is 0 Å². The number of carbonyl (C=O) groups is 1. The Kier molecular flexibility index (Phi) is 8.96. The molecule has 3 aromatic rings. The first-order valence-corrected chi connectivity index (χ1v) is 13.0. The van der Waals surface area contributed by atoms with Crippen LogP contribution >= 0.6 is 23.2 Å². The zero-order chi connectivity index (χ0) is 28.0. The van der Waals surface area contributed by atoms with Crippen molar-refractivity contribution in [1.82, 2.24) is 0 Å². The Morgan fingerprint density at radius 2 is 1.82 bits per heavy atom. The first kappa shape index (κ1) is 28.5. The lowest BCUT2D eigenvalue weighted by Crippen LogP contribution is -2.14. The lowest BCUT2D eigenvalue weighted by atomic mass is 10.1. The van der Waals surface area contributed by atoms with Gasteiger partial charge in [-0.25, -0.2) is 0 Å². The Labute approximate surface area is 228 Å². The van der Waals surface area contributed by atoms with Crippen molar-refractivity contribution in [2.45, 2.75) is 18.7 Å². The smallest absolute Gasteiger partial charge is 0.339 e. The van der Waals surface area contributed by atoms with Crippen molar-refractivity contribution < 1.29 is 27.1 Å². The number of non-ortho nitro benzene ring substituents is 1. The standard InChI is InChI=1S/C25H19Cl2N3O7S/c1-3-36-23-12-16(11-21(27)24(23)37-38(34,35)19-7-4-15(2)5-8-19)10-17(14-28)25(31)29-22-13-18(30(32)33)6-9-20(22)26/h4-13H,3H2,1-2H3,(H,29,31)/b17-10+. The van der Waals surface area contributed by atoms with E-state index in [-0.39, 0.29) is 50.0 Å². The summed E-state index contributed by atoms with van der Waals surface area (Å²) in [4.78, 5) is 23.0. The van der Waals surface area contributed by atoms with Crippen molar-refractivity contribution >= 4 is 56.7 Å². The van der Waals surface area contributed by atoms with Crippen molar-refractivity contribution in [3.05, 3.63) is 91.5 Å². The third kappa shape index (κ3) is 6.80. The largest absolute Gasteiger partial charge is 0.490 e. The quantitative estimate of drug-likeness (QED) is 0.108. The average molecular weight is 576 g/mol. The molecule has 0 aliphatic heterocycles. The second-order valence-electron chi connectivity index (χ2n) is 7.66. The lowest BCUT2D eigenvalue weighted by Gasteiger charge is -2.14. The number of aryl methyl sites for hydroxylation is 1. The number of benzene rings is 3. The predicted molar refractivity (Wildman–Crippen MR) is 142 cm³/mol. The van der Waals surface area contributed by atoms with Crippen LogP contribution in [0.4, 0.5) is 11.4 Å². The molecule has 0 fully saturated rings. The highest BCUT2D eigenvalue weighted by Gasteiger charge is 2.23. The highest BCUT2D eigenvalue weighted by molar-refractivity contribution is 7.87. The summed E-state index contributed by atoms with van der Waals surface area (Å²) in [6.07, 6.45) is 1.17. The van der Waals surface area contributed by atoms with Crippen LogP contribution in [0.5, 0.6) is 11.5 Å². The maximum Gasteiger partial charge on any atom is 0.339 e. The molecule has 13 heteroatoms. The second-order valence-corrected chi connectivity index (χ2v) is 10.0. The van der Waals surface area contributed by atoms with E-state index in [4.69, 9.17) is 32.1 Å². The van der Waals surface area contributed by atoms with Crippen molar-refractivity contribution in [2.24, 2.45) is 0 Å². The van der Waals surface area contributed by atoms with E-state index in [1.807, 2.05) is 6.92 Å². The number of amides is 1. The van der Waals surface area contributed by atoms with Crippen molar-refractivity contribution in [1.29, 1.82) is 5.26 Å². The third-order valence-electron chi connectivity index (χ3n) is 4.92. The molecule has 0 aliphatic carbocycles. The topological polar surface area (TPSA) is 149 Å². The Morgan fingerprint density at radius 3 is 2.42 bits per heavy atom. The molecule has 0 atom stereocenters. The third-order valence-corrected chi connectivity index (χ3v) is 6.77. The number of nitrogens with one attached hydrogen (secondary N) is 1. The summed E-state index contributed by atoms with van der Waals surface area (Å²) in [6.45, 7) is 3.59. The fourth-order valence-electron chi connectivity index (χ4n) is 3.11. The van der Waals surface area contributed by atoms with E-state index in [1.54, 1.807) is 25.1 Å². The van der Waals surface area contributed by atoms with Crippen LogP contribution in [-0.2, 0) is 14.9 Å². The Bertz CT molecular complexity index is 1580. The van der Waals surface area contributed by atoms with Gasteiger partial charge >= 0.3 is 10.1 Å². The fourth-order valence-corrected chi connectivity index (χ4v) is 4.53. The first-order chi connectivity index (χ1) is 17.9. The van der Waals surface area contributed by atoms with Gasteiger partial charge in [0.05, 0.1) is 27.3 Å². The number of nitro groups is 1. The molecular formula is C25H19Cl2N3O7S.